The first-order chi connectivity index (χ1) is 12.3. The van der Waals surface area contributed by atoms with Crippen molar-refractivity contribution < 1.29 is 0 Å². The van der Waals surface area contributed by atoms with Crippen LogP contribution in [0.5, 0.6) is 0 Å². The first kappa shape index (κ1) is 25.4. The molecule has 0 aromatic rings. The summed E-state index contributed by atoms with van der Waals surface area (Å²) in [4.78, 5) is 0. The summed E-state index contributed by atoms with van der Waals surface area (Å²) >= 11 is 0. The molecule has 0 saturated heterocycles. The second-order valence-corrected chi connectivity index (χ2v) is 10.8. The Labute approximate surface area is 163 Å². The van der Waals surface area contributed by atoms with Gasteiger partial charge in [0.2, 0.25) is 0 Å². The highest BCUT2D eigenvalue weighted by atomic mass is 31.1. The number of rotatable bonds is 21. The van der Waals surface area contributed by atoms with Gasteiger partial charge < -0.3 is 0 Å². The molecule has 1 heteroatoms. The molecule has 0 N–H and O–H groups in total. The van der Waals surface area contributed by atoms with Crippen LogP contribution < -0.4 is 0 Å². The number of hydrogen-bond acceptors (Lipinski definition) is 0. The van der Waals surface area contributed by atoms with Crippen molar-refractivity contribution in [1.29, 1.82) is 0 Å². The molecule has 0 fully saturated rings. The highest BCUT2D eigenvalue weighted by Crippen LogP contribution is 2.39. The monoisotopic (exact) mass is 370 g/mol. The molecule has 0 heterocycles. The van der Waals surface area contributed by atoms with E-state index in [1.807, 2.05) is 0 Å². The van der Waals surface area contributed by atoms with Crippen LogP contribution >= 0.6 is 7.92 Å². The van der Waals surface area contributed by atoms with Crippen molar-refractivity contribution in [1.82, 2.24) is 0 Å². The molecule has 0 aliphatic carbocycles. The van der Waals surface area contributed by atoms with Gasteiger partial charge in [0.25, 0.3) is 0 Å². The zero-order valence-electron chi connectivity index (χ0n) is 18.3. The fraction of sp³-hybridized carbons (Fsp3) is 1.00. The SMILES string of the molecule is CCCCCCCCCP(CCCCCC)CCCCCCCCC. The van der Waals surface area contributed by atoms with Gasteiger partial charge in [-0.05, 0) is 37.7 Å². The fourth-order valence-corrected chi connectivity index (χ4v) is 6.37. The molecule has 0 spiro atoms. The van der Waals surface area contributed by atoms with Crippen molar-refractivity contribution in [2.45, 2.75) is 136 Å². The number of unbranched alkanes of at least 4 members (excludes halogenated alkanes) is 15. The standard InChI is InChI=1S/C24H51P/c1-4-7-10-13-15-17-20-23-25(22-19-12-9-6-3)24-21-18-16-14-11-8-5-2/h4-24H2,1-3H3. The first-order valence-electron chi connectivity index (χ1n) is 12.1. The van der Waals surface area contributed by atoms with Gasteiger partial charge in [-0.1, -0.05) is 117 Å². The highest BCUT2D eigenvalue weighted by Gasteiger charge is 2.07. The smallest absolute Gasteiger partial charge is 0.0326 e. The Hall–Kier alpha value is 0.430. The molecule has 0 rings (SSSR count). The first-order valence-corrected chi connectivity index (χ1v) is 14.0. The Kier molecular flexibility index (Phi) is 22.9. The van der Waals surface area contributed by atoms with E-state index in [2.05, 4.69) is 20.8 Å². The predicted molar refractivity (Wildman–Crippen MR) is 122 cm³/mol. The van der Waals surface area contributed by atoms with Crippen molar-refractivity contribution in [3.63, 3.8) is 0 Å². The summed E-state index contributed by atoms with van der Waals surface area (Å²) in [6.45, 7) is 6.96. The van der Waals surface area contributed by atoms with E-state index in [0.29, 0.717) is 7.92 Å². The van der Waals surface area contributed by atoms with E-state index < -0.39 is 0 Å². The lowest BCUT2D eigenvalue weighted by molar-refractivity contribution is 0.599. The van der Waals surface area contributed by atoms with Crippen LogP contribution in [0.3, 0.4) is 0 Å². The molecule has 0 bridgehead atoms. The van der Waals surface area contributed by atoms with Gasteiger partial charge in [0.15, 0.2) is 0 Å². The topological polar surface area (TPSA) is 0 Å². The summed E-state index contributed by atoms with van der Waals surface area (Å²) in [5, 5.41) is 0. The van der Waals surface area contributed by atoms with Gasteiger partial charge in [0.1, 0.15) is 0 Å². The van der Waals surface area contributed by atoms with E-state index in [4.69, 9.17) is 0 Å². The lowest BCUT2D eigenvalue weighted by Gasteiger charge is -2.18. The van der Waals surface area contributed by atoms with E-state index in [-0.39, 0.29) is 0 Å². The molecular weight excluding hydrogens is 319 g/mol. The van der Waals surface area contributed by atoms with E-state index in [1.165, 1.54) is 116 Å². The van der Waals surface area contributed by atoms with Gasteiger partial charge >= 0.3 is 0 Å². The third-order valence-corrected chi connectivity index (χ3v) is 8.33. The van der Waals surface area contributed by atoms with Crippen molar-refractivity contribution in [3.05, 3.63) is 0 Å². The second kappa shape index (κ2) is 22.5. The molecule has 0 amide bonds. The molecule has 0 aromatic carbocycles. The van der Waals surface area contributed by atoms with E-state index in [0.717, 1.165) is 0 Å². The molecule has 0 unspecified atom stereocenters. The van der Waals surface area contributed by atoms with Gasteiger partial charge in [-0.25, -0.2) is 0 Å². The Morgan fingerprint density at radius 2 is 0.560 bits per heavy atom. The zero-order valence-corrected chi connectivity index (χ0v) is 19.2. The zero-order chi connectivity index (χ0) is 18.4. The third kappa shape index (κ3) is 20.6. The maximum atomic E-state index is 2.33. The predicted octanol–water partition coefficient (Wildman–Crippen LogP) is 9.55. The molecule has 152 valence electrons. The van der Waals surface area contributed by atoms with Crippen LogP contribution in [0.15, 0.2) is 0 Å². The summed E-state index contributed by atoms with van der Waals surface area (Å²) in [6, 6.07) is 0. The summed E-state index contributed by atoms with van der Waals surface area (Å²) in [7, 11) is 0.368. The van der Waals surface area contributed by atoms with Crippen LogP contribution in [0, 0.1) is 0 Å². The summed E-state index contributed by atoms with van der Waals surface area (Å²) in [5.41, 5.74) is 0. The van der Waals surface area contributed by atoms with Gasteiger partial charge in [-0.3, -0.25) is 0 Å². The van der Waals surface area contributed by atoms with Crippen LogP contribution in [0.1, 0.15) is 136 Å². The average molecular weight is 371 g/mol. The molecule has 0 aliphatic heterocycles. The molecule has 25 heavy (non-hydrogen) atoms. The minimum Gasteiger partial charge on any atom is -0.107 e. The van der Waals surface area contributed by atoms with Crippen LogP contribution in [0.2, 0.25) is 0 Å². The minimum atomic E-state index is 0.368. The van der Waals surface area contributed by atoms with Crippen molar-refractivity contribution >= 4 is 7.92 Å². The van der Waals surface area contributed by atoms with Crippen LogP contribution in [0.4, 0.5) is 0 Å². The average Bonchev–Trinajstić information content (AvgIpc) is 2.63. The Balaban J connectivity index is 3.71. The van der Waals surface area contributed by atoms with Crippen molar-refractivity contribution in [3.8, 4) is 0 Å². The highest BCUT2D eigenvalue weighted by molar-refractivity contribution is 7.57. The van der Waals surface area contributed by atoms with Gasteiger partial charge in [0, 0.05) is 0 Å². The Bertz CT molecular complexity index is 208. The van der Waals surface area contributed by atoms with Crippen LogP contribution in [0.25, 0.3) is 0 Å². The summed E-state index contributed by atoms with van der Waals surface area (Å²) in [5.74, 6) is 0. The van der Waals surface area contributed by atoms with Crippen molar-refractivity contribution in [2.24, 2.45) is 0 Å². The second-order valence-electron chi connectivity index (χ2n) is 8.14. The molecule has 0 nitrogen and oxygen atoms in total. The molecule has 0 atom stereocenters. The quantitative estimate of drug-likeness (QED) is 0.139. The maximum absolute atomic E-state index is 2.33. The summed E-state index contributed by atoms with van der Waals surface area (Å²) < 4.78 is 0. The molecular formula is C24H51P. The van der Waals surface area contributed by atoms with Gasteiger partial charge in [0.05, 0.1) is 0 Å². The molecule has 0 aliphatic rings. The summed E-state index contributed by atoms with van der Waals surface area (Å²) in [6.07, 6.45) is 31.2. The normalized spacial score (nSPS) is 11.5. The van der Waals surface area contributed by atoms with Gasteiger partial charge in [-0.2, -0.15) is 0 Å². The molecule has 0 aromatic heterocycles. The van der Waals surface area contributed by atoms with E-state index in [9.17, 15) is 0 Å². The van der Waals surface area contributed by atoms with Gasteiger partial charge in [-0.15, -0.1) is 7.92 Å². The Morgan fingerprint density at radius 1 is 0.320 bits per heavy atom. The van der Waals surface area contributed by atoms with E-state index in [1.54, 1.807) is 18.5 Å². The number of hydrogen-bond donors (Lipinski definition) is 0. The van der Waals surface area contributed by atoms with Crippen LogP contribution in [-0.4, -0.2) is 18.5 Å². The van der Waals surface area contributed by atoms with E-state index >= 15 is 0 Å². The van der Waals surface area contributed by atoms with Crippen LogP contribution in [-0.2, 0) is 0 Å². The lowest BCUT2D eigenvalue weighted by Crippen LogP contribution is -1.97. The maximum Gasteiger partial charge on any atom is -0.0326 e. The fourth-order valence-electron chi connectivity index (χ4n) is 3.68. The third-order valence-electron chi connectivity index (χ3n) is 5.48. The van der Waals surface area contributed by atoms with Crippen molar-refractivity contribution in [2.75, 3.05) is 18.5 Å². The Morgan fingerprint density at radius 3 is 0.880 bits per heavy atom. The largest absolute Gasteiger partial charge is 0.107 e. The lowest BCUT2D eigenvalue weighted by atomic mass is 10.1. The molecule has 0 radical (unpaired) electrons. The minimum absolute atomic E-state index is 0.368. The molecule has 0 saturated carbocycles.